The van der Waals surface area contributed by atoms with Crippen LogP contribution in [0.2, 0.25) is 0 Å². The van der Waals surface area contributed by atoms with Crippen molar-refractivity contribution in [2.75, 3.05) is 10.6 Å². The Bertz CT molecular complexity index is 705. The number of ether oxygens (including phenoxy) is 1. The fraction of sp³-hybridized carbons (Fsp3) is 0.444. The van der Waals surface area contributed by atoms with Gasteiger partial charge in [-0.15, -0.1) is 0 Å². The second kappa shape index (κ2) is 7.63. The van der Waals surface area contributed by atoms with E-state index in [2.05, 4.69) is 39.2 Å². The summed E-state index contributed by atoms with van der Waals surface area (Å²) < 4.78 is 28.8. The molecule has 0 amide bonds. The summed E-state index contributed by atoms with van der Waals surface area (Å²) in [5, 5.41) is 6.51. The van der Waals surface area contributed by atoms with Crippen molar-refractivity contribution in [3.05, 3.63) is 36.0 Å². The van der Waals surface area contributed by atoms with E-state index in [4.69, 9.17) is 0 Å². The smallest absolute Gasteiger partial charge is 0.387 e. The Labute approximate surface area is 145 Å². The number of alkyl halides is 2. The van der Waals surface area contributed by atoms with Crippen molar-refractivity contribution in [1.82, 2.24) is 9.97 Å². The summed E-state index contributed by atoms with van der Waals surface area (Å²) in [6.07, 6.45) is 3.28. The zero-order valence-electron chi connectivity index (χ0n) is 14.3. The molecule has 0 bridgehead atoms. The van der Waals surface area contributed by atoms with Gasteiger partial charge in [-0.3, -0.25) is 0 Å². The molecule has 5 nitrogen and oxygen atoms in total. The molecule has 1 aromatic heterocycles. The Kier molecular flexibility index (Phi) is 5.31. The van der Waals surface area contributed by atoms with E-state index in [-0.39, 0.29) is 11.8 Å². The number of rotatable bonds is 8. The predicted molar refractivity (Wildman–Crippen MR) is 93.7 cm³/mol. The van der Waals surface area contributed by atoms with E-state index in [1.807, 2.05) is 6.07 Å². The number of nitrogens with zero attached hydrogens (tertiary/aromatic N) is 2. The SMILES string of the molecule is CC[C@@H](C)Nc1nc(Nc2ccc(OC(F)F)cc2)cc(C2CC2)n1. The molecule has 0 saturated heterocycles. The third-order valence-corrected chi connectivity index (χ3v) is 4.08. The van der Waals surface area contributed by atoms with E-state index in [1.165, 1.54) is 12.1 Å². The lowest BCUT2D eigenvalue weighted by Crippen LogP contribution is -2.16. The Hall–Kier alpha value is -2.44. The molecule has 0 unspecified atom stereocenters. The van der Waals surface area contributed by atoms with Crippen molar-refractivity contribution < 1.29 is 13.5 Å². The highest BCUT2D eigenvalue weighted by atomic mass is 19.3. The maximum atomic E-state index is 12.2. The van der Waals surface area contributed by atoms with Crippen LogP contribution in [0, 0.1) is 0 Å². The van der Waals surface area contributed by atoms with Gasteiger partial charge in [-0.2, -0.15) is 13.8 Å². The lowest BCUT2D eigenvalue weighted by molar-refractivity contribution is -0.0498. The molecule has 0 radical (unpaired) electrons. The van der Waals surface area contributed by atoms with Gasteiger partial charge < -0.3 is 15.4 Å². The normalized spacial score (nSPS) is 15.1. The van der Waals surface area contributed by atoms with E-state index in [0.29, 0.717) is 17.7 Å². The molecule has 1 atom stereocenters. The first-order valence-electron chi connectivity index (χ1n) is 8.51. The van der Waals surface area contributed by atoms with E-state index < -0.39 is 6.61 Å². The summed E-state index contributed by atoms with van der Waals surface area (Å²) in [7, 11) is 0. The predicted octanol–water partition coefficient (Wildman–Crippen LogP) is 4.91. The highest BCUT2D eigenvalue weighted by Gasteiger charge is 2.26. The summed E-state index contributed by atoms with van der Waals surface area (Å²) in [5.74, 6) is 1.92. The standard InChI is InChI=1S/C18H22F2N4O/c1-3-11(2)21-18-23-15(12-4-5-12)10-16(24-18)22-13-6-8-14(9-7-13)25-17(19)20/h6-12,17H,3-5H2,1-2H3,(H2,21,22,23,24)/t11-/m1/s1. The number of hydrogen-bond donors (Lipinski definition) is 2. The number of hydrogen-bond acceptors (Lipinski definition) is 5. The van der Waals surface area contributed by atoms with Crippen LogP contribution in [0.15, 0.2) is 30.3 Å². The molecule has 7 heteroatoms. The van der Waals surface area contributed by atoms with Crippen LogP contribution in [0.3, 0.4) is 0 Å². The lowest BCUT2D eigenvalue weighted by Gasteiger charge is -2.14. The van der Waals surface area contributed by atoms with Crippen molar-refractivity contribution in [3.8, 4) is 5.75 Å². The van der Waals surface area contributed by atoms with Gasteiger partial charge in [0.25, 0.3) is 0 Å². The number of aromatic nitrogens is 2. The fourth-order valence-corrected chi connectivity index (χ4v) is 2.37. The van der Waals surface area contributed by atoms with Gasteiger partial charge in [0.1, 0.15) is 11.6 Å². The zero-order chi connectivity index (χ0) is 17.8. The minimum atomic E-state index is -2.82. The van der Waals surface area contributed by atoms with Crippen LogP contribution in [-0.4, -0.2) is 22.6 Å². The third kappa shape index (κ3) is 5.01. The molecule has 0 aliphatic heterocycles. The van der Waals surface area contributed by atoms with Gasteiger partial charge in [0, 0.05) is 23.7 Å². The molecule has 1 fully saturated rings. The van der Waals surface area contributed by atoms with Gasteiger partial charge in [-0.25, -0.2) is 4.98 Å². The van der Waals surface area contributed by atoms with Crippen molar-refractivity contribution in [1.29, 1.82) is 0 Å². The average Bonchev–Trinajstić information content (AvgIpc) is 3.41. The minimum absolute atomic E-state index is 0.126. The molecule has 2 aromatic rings. The Morgan fingerprint density at radius 2 is 1.92 bits per heavy atom. The van der Waals surface area contributed by atoms with Crippen LogP contribution >= 0.6 is 0 Å². The summed E-state index contributed by atoms with van der Waals surface area (Å²) in [5.41, 5.74) is 1.78. The molecular formula is C18H22F2N4O. The minimum Gasteiger partial charge on any atom is -0.435 e. The monoisotopic (exact) mass is 348 g/mol. The first kappa shape index (κ1) is 17.4. The fourth-order valence-electron chi connectivity index (χ4n) is 2.37. The van der Waals surface area contributed by atoms with Crippen molar-refractivity contribution in [2.24, 2.45) is 0 Å². The van der Waals surface area contributed by atoms with E-state index in [9.17, 15) is 8.78 Å². The van der Waals surface area contributed by atoms with Gasteiger partial charge >= 0.3 is 6.61 Å². The first-order valence-corrected chi connectivity index (χ1v) is 8.51. The second-order valence-corrected chi connectivity index (χ2v) is 6.26. The third-order valence-electron chi connectivity index (χ3n) is 4.08. The molecule has 25 heavy (non-hydrogen) atoms. The Balaban J connectivity index is 1.76. The zero-order valence-corrected chi connectivity index (χ0v) is 14.3. The van der Waals surface area contributed by atoms with Crippen LogP contribution in [0.4, 0.5) is 26.2 Å². The Morgan fingerprint density at radius 1 is 1.20 bits per heavy atom. The average molecular weight is 348 g/mol. The van der Waals surface area contributed by atoms with Crippen LogP contribution in [0.25, 0.3) is 0 Å². The Morgan fingerprint density at radius 3 is 2.52 bits per heavy atom. The number of nitrogens with one attached hydrogen (secondary N) is 2. The quantitative estimate of drug-likeness (QED) is 0.710. The molecular weight excluding hydrogens is 326 g/mol. The van der Waals surface area contributed by atoms with Crippen LogP contribution < -0.4 is 15.4 Å². The highest BCUT2D eigenvalue weighted by Crippen LogP contribution is 2.40. The van der Waals surface area contributed by atoms with Crippen LogP contribution in [-0.2, 0) is 0 Å². The van der Waals surface area contributed by atoms with Crippen LogP contribution in [0.1, 0.15) is 44.7 Å². The molecule has 1 aliphatic rings. The number of halogens is 2. The van der Waals surface area contributed by atoms with E-state index in [0.717, 1.165) is 30.6 Å². The summed E-state index contributed by atoms with van der Waals surface area (Å²) in [4.78, 5) is 9.12. The number of benzene rings is 1. The molecule has 134 valence electrons. The van der Waals surface area contributed by atoms with E-state index >= 15 is 0 Å². The summed E-state index contributed by atoms with van der Waals surface area (Å²) in [6, 6.07) is 8.58. The molecule has 0 spiro atoms. The van der Waals surface area contributed by atoms with Gasteiger partial charge in [0.2, 0.25) is 5.95 Å². The first-order chi connectivity index (χ1) is 12.0. The van der Waals surface area contributed by atoms with Gasteiger partial charge in [0.15, 0.2) is 0 Å². The van der Waals surface area contributed by atoms with E-state index in [1.54, 1.807) is 12.1 Å². The summed E-state index contributed by atoms with van der Waals surface area (Å²) in [6.45, 7) is 1.36. The molecule has 3 rings (SSSR count). The molecule has 1 aromatic carbocycles. The summed E-state index contributed by atoms with van der Waals surface area (Å²) >= 11 is 0. The molecule has 1 aliphatic carbocycles. The molecule has 2 N–H and O–H groups in total. The van der Waals surface area contributed by atoms with Gasteiger partial charge in [0.05, 0.1) is 5.69 Å². The van der Waals surface area contributed by atoms with Crippen molar-refractivity contribution >= 4 is 17.5 Å². The van der Waals surface area contributed by atoms with Crippen LogP contribution in [0.5, 0.6) is 5.75 Å². The topological polar surface area (TPSA) is 59.1 Å². The highest BCUT2D eigenvalue weighted by molar-refractivity contribution is 5.59. The van der Waals surface area contributed by atoms with Crippen molar-refractivity contribution in [2.45, 2.75) is 51.7 Å². The van der Waals surface area contributed by atoms with Gasteiger partial charge in [-0.1, -0.05) is 6.92 Å². The maximum absolute atomic E-state index is 12.2. The molecule has 1 heterocycles. The largest absolute Gasteiger partial charge is 0.435 e. The molecule has 1 saturated carbocycles. The lowest BCUT2D eigenvalue weighted by atomic mass is 10.2. The second-order valence-electron chi connectivity index (χ2n) is 6.26. The maximum Gasteiger partial charge on any atom is 0.387 e. The van der Waals surface area contributed by atoms with Gasteiger partial charge in [-0.05, 0) is 50.5 Å². The number of anilines is 3. The van der Waals surface area contributed by atoms with Crippen molar-refractivity contribution in [3.63, 3.8) is 0 Å².